The average Bonchev–Trinajstić information content (AvgIpc) is 2.88. The van der Waals surface area contributed by atoms with Crippen LogP contribution < -0.4 is 4.74 Å². The van der Waals surface area contributed by atoms with Gasteiger partial charge in [0, 0.05) is 5.56 Å². The molecule has 184 valence electrons. The minimum absolute atomic E-state index is 0.127. The monoisotopic (exact) mass is 480 g/mol. The van der Waals surface area contributed by atoms with E-state index >= 15 is 0 Å². The zero-order chi connectivity index (χ0) is 24.9. The lowest BCUT2D eigenvalue weighted by Gasteiger charge is -2.27. The van der Waals surface area contributed by atoms with Gasteiger partial charge in [0.05, 0.1) is 5.92 Å². The van der Waals surface area contributed by atoms with Crippen molar-refractivity contribution in [2.75, 3.05) is 0 Å². The number of aryl methyl sites for hydroxylation is 2. The van der Waals surface area contributed by atoms with Crippen molar-refractivity contribution in [3.05, 3.63) is 88.7 Å². The number of esters is 1. The number of rotatable bonds is 7. The molecule has 1 saturated carbocycles. The molecule has 2 nitrogen and oxygen atoms in total. The Hall–Kier alpha value is -3.08. The molecule has 3 aromatic rings. The Labute approximate surface area is 205 Å². The molecule has 3 aromatic carbocycles. The summed E-state index contributed by atoms with van der Waals surface area (Å²) in [7, 11) is 0. The van der Waals surface area contributed by atoms with Crippen molar-refractivity contribution in [2.24, 2.45) is 5.92 Å². The van der Waals surface area contributed by atoms with Gasteiger partial charge in [0.15, 0.2) is 11.6 Å². The lowest BCUT2D eigenvalue weighted by atomic mass is 9.78. The fourth-order valence-corrected chi connectivity index (χ4v) is 4.90. The van der Waals surface area contributed by atoms with Crippen LogP contribution in [0.2, 0.25) is 0 Å². The van der Waals surface area contributed by atoms with Gasteiger partial charge in [-0.1, -0.05) is 56.7 Å². The molecule has 0 heterocycles. The topological polar surface area (TPSA) is 26.3 Å². The van der Waals surface area contributed by atoms with E-state index in [1.165, 1.54) is 12.1 Å². The molecule has 0 unspecified atom stereocenters. The van der Waals surface area contributed by atoms with Gasteiger partial charge >= 0.3 is 5.97 Å². The quantitative estimate of drug-likeness (QED) is 0.252. The summed E-state index contributed by atoms with van der Waals surface area (Å²) in [6.45, 7) is 4.04. The molecule has 0 bridgehead atoms. The fourth-order valence-electron chi connectivity index (χ4n) is 4.90. The number of benzene rings is 3. The van der Waals surface area contributed by atoms with Gasteiger partial charge in [0.1, 0.15) is 5.82 Å². The zero-order valence-corrected chi connectivity index (χ0v) is 20.3. The van der Waals surface area contributed by atoms with Crippen molar-refractivity contribution in [1.82, 2.24) is 0 Å². The Balaban J connectivity index is 1.39. The normalized spacial score (nSPS) is 17.9. The van der Waals surface area contributed by atoms with E-state index < -0.39 is 23.4 Å². The van der Waals surface area contributed by atoms with Crippen molar-refractivity contribution >= 4 is 5.97 Å². The van der Waals surface area contributed by atoms with Crippen molar-refractivity contribution < 1.29 is 22.7 Å². The highest BCUT2D eigenvalue weighted by Gasteiger charge is 2.30. The molecule has 1 aliphatic carbocycles. The highest BCUT2D eigenvalue weighted by atomic mass is 19.2. The zero-order valence-electron chi connectivity index (χ0n) is 20.3. The van der Waals surface area contributed by atoms with E-state index in [1.54, 1.807) is 18.2 Å². The number of halogens is 3. The van der Waals surface area contributed by atoms with Crippen LogP contribution >= 0.6 is 0 Å². The third kappa shape index (κ3) is 5.61. The summed E-state index contributed by atoms with van der Waals surface area (Å²) in [6.07, 6.45) is 5.03. The van der Waals surface area contributed by atoms with Crippen LogP contribution in [0.3, 0.4) is 0 Å². The van der Waals surface area contributed by atoms with E-state index in [-0.39, 0.29) is 23.2 Å². The molecule has 5 heteroatoms. The lowest BCUT2D eigenvalue weighted by Crippen LogP contribution is -2.25. The van der Waals surface area contributed by atoms with Crippen LogP contribution in [0.25, 0.3) is 11.1 Å². The first-order valence-corrected chi connectivity index (χ1v) is 12.5. The van der Waals surface area contributed by atoms with Crippen molar-refractivity contribution in [3.63, 3.8) is 0 Å². The second-order valence-corrected chi connectivity index (χ2v) is 9.36. The summed E-state index contributed by atoms with van der Waals surface area (Å²) in [5.74, 6) is -3.52. The Kier molecular flexibility index (Phi) is 7.94. The Morgan fingerprint density at radius 3 is 2.23 bits per heavy atom. The summed E-state index contributed by atoms with van der Waals surface area (Å²) >= 11 is 0. The largest absolute Gasteiger partial charge is 0.423 e. The number of ether oxygens (including phenoxy) is 1. The predicted molar refractivity (Wildman–Crippen MR) is 132 cm³/mol. The van der Waals surface area contributed by atoms with Gasteiger partial charge in [-0.25, -0.2) is 8.78 Å². The van der Waals surface area contributed by atoms with Gasteiger partial charge in [0.25, 0.3) is 0 Å². The van der Waals surface area contributed by atoms with E-state index in [9.17, 15) is 18.0 Å². The molecule has 0 radical (unpaired) electrons. The third-order valence-corrected chi connectivity index (χ3v) is 7.06. The third-order valence-electron chi connectivity index (χ3n) is 7.06. The first-order chi connectivity index (χ1) is 16.9. The molecular formula is C30H31F3O2. The Bertz CT molecular complexity index is 1180. The molecule has 0 spiro atoms. The maximum absolute atomic E-state index is 14.8. The summed E-state index contributed by atoms with van der Waals surface area (Å²) in [4.78, 5) is 12.7. The highest BCUT2D eigenvalue weighted by molar-refractivity contribution is 5.76. The standard InChI is InChI=1S/C30H31F3O2/c1-3-5-22-12-15-24(18-26(22)31)20-10-13-23(14-11-20)30(34)35-27-17-16-25(28(32)29(27)33)21-8-6-19(4-2)7-9-21/h6-9,12,15-18,20,23H,3-5,10-11,13-14H2,1-2H3. The molecular weight excluding hydrogens is 449 g/mol. The van der Waals surface area contributed by atoms with Crippen LogP contribution in [0.15, 0.2) is 54.6 Å². The van der Waals surface area contributed by atoms with E-state index in [0.29, 0.717) is 24.8 Å². The van der Waals surface area contributed by atoms with Crippen LogP contribution in [0.5, 0.6) is 5.75 Å². The second-order valence-electron chi connectivity index (χ2n) is 9.36. The van der Waals surface area contributed by atoms with Crippen molar-refractivity contribution in [2.45, 2.75) is 64.7 Å². The first-order valence-electron chi connectivity index (χ1n) is 12.5. The fraction of sp³-hybridized carbons (Fsp3) is 0.367. The van der Waals surface area contributed by atoms with Crippen molar-refractivity contribution in [1.29, 1.82) is 0 Å². The van der Waals surface area contributed by atoms with Crippen LogP contribution in [0.4, 0.5) is 13.2 Å². The number of carbonyl (C=O) groups is 1. The minimum Gasteiger partial charge on any atom is -0.423 e. The van der Waals surface area contributed by atoms with E-state index in [4.69, 9.17) is 4.74 Å². The summed E-state index contributed by atoms with van der Waals surface area (Å²) in [5.41, 5.74) is 3.47. The van der Waals surface area contributed by atoms with Gasteiger partial charge in [-0.3, -0.25) is 4.79 Å². The molecule has 0 saturated heterocycles. The average molecular weight is 481 g/mol. The summed E-state index contributed by atoms with van der Waals surface area (Å²) < 4.78 is 49.1. The second kappa shape index (κ2) is 11.1. The van der Waals surface area contributed by atoms with Gasteiger partial charge < -0.3 is 4.74 Å². The van der Waals surface area contributed by atoms with Gasteiger partial charge in [-0.05, 0) is 84.9 Å². The van der Waals surface area contributed by atoms with Crippen LogP contribution in [0, 0.1) is 23.4 Å². The van der Waals surface area contributed by atoms with Gasteiger partial charge in [-0.2, -0.15) is 4.39 Å². The van der Waals surface area contributed by atoms with Crippen LogP contribution in [0.1, 0.15) is 68.6 Å². The molecule has 1 fully saturated rings. The van der Waals surface area contributed by atoms with Crippen LogP contribution in [-0.2, 0) is 17.6 Å². The number of hydrogen-bond donors (Lipinski definition) is 0. The maximum Gasteiger partial charge on any atom is 0.314 e. The Morgan fingerprint density at radius 1 is 0.886 bits per heavy atom. The van der Waals surface area contributed by atoms with Gasteiger partial charge in [-0.15, -0.1) is 0 Å². The highest BCUT2D eigenvalue weighted by Crippen LogP contribution is 2.38. The molecule has 35 heavy (non-hydrogen) atoms. The molecule has 1 aliphatic rings. The van der Waals surface area contributed by atoms with E-state index in [0.717, 1.165) is 42.4 Å². The molecule has 0 atom stereocenters. The predicted octanol–water partition coefficient (Wildman–Crippen LogP) is 8.17. The first kappa shape index (κ1) is 25.0. The molecule has 0 aliphatic heterocycles. The number of hydrogen-bond acceptors (Lipinski definition) is 2. The molecule has 0 N–H and O–H groups in total. The molecule has 0 amide bonds. The SMILES string of the molecule is CCCc1ccc(C2CCC(C(=O)Oc3ccc(-c4ccc(CC)cc4)c(F)c3F)CC2)cc1F. The maximum atomic E-state index is 14.8. The smallest absolute Gasteiger partial charge is 0.314 e. The summed E-state index contributed by atoms with van der Waals surface area (Å²) in [5, 5.41) is 0. The van der Waals surface area contributed by atoms with E-state index in [2.05, 4.69) is 0 Å². The Morgan fingerprint density at radius 2 is 1.60 bits per heavy atom. The number of carbonyl (C=O) groups excluding carboxylic acids is 1. The van der Waals surface area contributed by atoms with Gasteiger partial charge in [0.2, 0.25) is 5.82 Å². The van der Waals surface area contributed by atoms with E-state index in [1.807, 2.05) is 38.1 Å². The molecule has 4 rings (SSSR count). The van der Waals surface area contributed by atoms with Crippen LogP contribution in [-0.4, -0.2) is 5.97 Å². The minimum atomic E-state index is -1.16. The lowest BCUT2D eigenvalue weighted by molar-refractivity contribution is -0.140. The van der Waals surface area contributed by atoms with Crippen molar-refractivity contribution in [3.8, 4) is 16.9 Å². The summed E-state index contributed by atoms with van der Waals surface area (Å²) in [6, 6.07) is 15.5. The molecule has 0 aromatic heterocycles.